The highest BCUT2D eigenvalue weighted by molar-refractivity contribution is 5.76. The van der Waals surface area contributed by atoms with Gasteiger partial charge in [0, 0.05) is 13.0 Å². The molecule has 0 fully saturated rings. The number of carboxylic acid groups (broad SMARTS) is 1. The second-order valence-corrected chi connectivity index (χ2v) is 8.61. The van der Waals surface area contributed by atoms with Gasteiger partial charge in [0.05, 0.1) is 0 Å². The van der Waals surface area contributed by atoms with Gasteiger partial charge in [-0.05, 0) is 25.5 Å². The molecule has 0 aliphatic heterocycles. The minimum Gasteiger partial charge on any atom is -0.476 e. The van der Waals surface area contributed by atoms with Crippen LogP contribution in [0.25, 0.3) is 0 Å². The van der Waals surface area contributed by atoms with E-state index in [2.05, 4.69) is 6.92 Å². The maximum atomic E-state index is 11.9. The van der Waals surface area contributed by atoms with Crippen LogP contribution in [0.15, 0.2) is 30.3 Å². The first-order valence-corrected chi connectivity index (χ1v) is 12.8. The molecule has 0 radical (unpaired) electrons. The molecule has 31 heavy (non-hydrogen) atoms. The minimum atomic E-state index is -1.59. The Hall–Kier alpha value is -1.55. The molecule has 0 aliphatic carbocycles. The lowest BCUT2D eigenvalue weighted by molar-refractivity contribution is -0.213. The first-order valence-electron chi connectivity index (χ1n) is 12.8. The van der Waals surface area contributed by atoms with Crippen LogP contribution < -0.4 is 4.74 Å². The van der Waals surface area contributed by atoms with E-state index in [-0.39, 0.29) is 0 Å². The lowest BCUT2D eigenvalue weighted by Gasteiger charge is -2.30. The summed E-state index contributed by atoms with van der Waals surface area (Å²) in [5.41, 5.74) is 0. The zero-order chi connectivity index (χ0) is 22.6. The van der Waals surface area contributed by atoms with Crippen molar-refractivity contribution in [2.75, 3.05) is 6.61 Å². The fourth-order valence-electron chi connectivity index (χ4n) is 4.01. The Morgan fingerprint density at radius 2 is 1.19 bits per heavy atom. The number of hydrogen-bond acceptors (Lipinski definition) is 3. The third-order valence-corrected chi connectivity index (χ3v) is 5.84. The van der Waals surface area contributed by atoms with Crippen molar-refractivity contribution in [1.82, 2.24) is 0 Å². The summed E-state index contributed by atoms with van der Waals surface area (Å²) in [6, 6.07) is 9.08. The van der Waals surface area contributed by atoms with E-state index in [1.54, 1.807) is 19.1 Å². The van der Waals surface area contributed by atoms with Crippen LogP contribution in [0.4, 0.5) is 0 Å². The second kappa shape index (κ2) is 18.1. The Morgan fingerprint density at radius 3 is 1.61 bits per heavy atom. The van der Waals surface area contributed by atoms with Gasteiger partial charge >= 0.3 is 11.8 Å². The molecule has 1 rings (SSSR count). The number of ether oxygens (including phenoxy) is 2. The summed E-state index contributed by atoms with van der Waals surface area (Å²) in [7, 11) is 0. The number of hydrogen-bond donors (Lipinski definition) is 1. The van der Waals surface area contributed by atoms with E-state index in [1.807, 2.05) is 18.2 Å². The van der Waals surface area contributed by atoms with Crippen molar-refractivity contribution in [2.45, 2.75) is 122 Å². The number of benzene rings is 1. The summed E-state index contributed by atoms with van der Waals surface area (Å²) >= 11 is 0. The van der Waals surface area contributed by atoms with E-state index in [4.69, 9.17) is 9.47 Å². The molecule has 1 unspecified atom stereocenters. The fraction of sp³-hybridized carbons (Fsp3) is 0.741. The van der Waals surface area contributed by atoms with Gasteiger partial charge in [0.15, 0.2) is 0 Å². The van der Waals surface area contributed by atoms with Gasteiger partial charge < -0.3 is 14.6 Å². The monoisotopic (exact) mass is 434 g/mol. The van der Waals surface area contributed by atoms with Gasteiger partial charge in [-0.2, -0.15) is 0 Å². The van der Waals surface area contributed by atoms with Crippen LogP contribution in [-0.4, -0.2) is 23.5 Å². The first kappa shape index (κ1) is 27.5. The van der Waals surface area contributed by atoms with Gasteiger partial charge in [0.25, 0.3) is 0 Å². The van der Waals surface area contributed by atoms with Crippen molar-refractivity contribution in [1.29, 1.82) is 0 Å². The smallest absolute Gasteiger partial charge is 0.377 e. The second-order valence-electron chi connectivity index (χ2n) is 8.61. The Morgan fingerprint density at radius 1 is 0.742 bits per heavy atom. The molecule has 1 atom stereocenters. The number of carbonyl (C=O) groups is 1. The lowest BCUT2D eigenvalue weighted by atomic mass is 10.0. The van der Waals surface area contributed by atoms with Crippen molar-refractivity contribution in [3.63, 3.8) is 0 Å². The third kappa shape index (κ3) is 12.8. The minimum absolute atomic E-state index is 0.303. The van der Waals surface area contributed by atoms with Crippen LogP contribution in [-0.2, 0) is 9.53 Å². The molecule has 0 bridgehead atoms. The van der Waals surface area contributed by atoms with Crippen LogP contribution >= 0.6 is 0 Å². The van der Waals surface area contributed by atoms with Gasteiger partial charge in [-0.1, -0.05) is 115 Å². The largest absolute Gasteiger partial charge is 0.476 e. The number of para-hydroxylation sites is 1. The molecule has 1 aromatic rings. The van der Waals surface area contributed by atoms with Crippen LogP contribution in [0.1, 0.15) is 117 Å². The standard InChI is InChI=1S/C27H46O4/c1-3-5-6-7-8-9-10-11-12-13-14-15-16-17-21-24-27(26(28)29,30-4-2)31-25-22-19-18-20-23-25/h18-20,22-23H,3-17,21,24H2,1-2H3,(H,28,29). The SMILES string of the molecule is CCCCCCCCCCCCCCCCCC(OCC)(Oc1ccccc1)C(=O)O. The van der Waals surface area contributed by atoms with Crippen molar-refractivity contribution in [2.24, 2.45) is 0 Å². The predicted octanol–water partition coefficient (Wildman–Crippen LogP) is 8.14. The van der Waals surface area contributed by atoms with E-state index in [1.165, 1.54) is 77.0 Å². The van der Waals surface area contributed by atoms with Crippen LogP contribution in [0, 0.1) is 0 Å². The van der Waals surface area contributed by atoms with Crippen LogP contribution in [0.5, 0.6) is 5.75 Å². The van der Waals surface area contributed by atoms with Crippen molar-refractivity contribution < 1.29 is 19.4 Å². The Bertz CT molecular complexity index is 545. The fourth-order valence-corrected chi connectivity index (χ4v) is 4.01. The van der Waals surface area contributed by atoms with Crippen molar-refractivity contribution >= 4 is 5.97 Å². The average Bonchev–Trinajstić information content (AvgIpc) is 2.77. The van der Waals surface area contributed by atoms with Crippen LogP contribution in [0.3, 0.4) is 0 Å². The summed E-state index contributed by atoms with van der Waals surface area (Å²) < 4.78 is 11.4. The molecule has 0 aromatic heterocycles. The molecule has 1 aromatic carbocycles. The number of rotatable bonds is 21. The van der Waals surface area contributed by atoms with E-state index in [0.29, 0.717) is 18.8 Å². The number of unbranched alkanes of at least 4 members (excludes halogenated alkanes) is 14. The summed E-state index contributed by atoms with van der Waals surface area (Å²) in [4.78, 5) is 11.9. The molecule has 178 valence electrons. The molecule has 0 amide bonds. The highest BCUT2D eigenvalue weighted by atomic mass is 16.7. The molecule has 0 aliphatic rings. The zero-order valence-electron chi connectivity index (χ0n) is 20.1. The van der Waals surface area contributed by atoms with E-state index in [9.17, 15) is 9.90 Å². The van der Waals surface area contributed by atoms with Gasteiger partial charge in [-0.15, -0.1) is 0 Å². The highest BCUT2D eigenvalue weighted by Gasteiger charge is 2.41. The molecule has 0 saturated heterocycles. The topological polar surface area (TPSA) is 55.8 Å². The van der Waals surface area contributed by atoms with Crippen molar-refractivity contribution in [3.8, 4) is 5.75 Å². The molecule has 4 nitrogen and oxygen atoms in total. The quantitative estimate of drug-likeness (QED) is 0.157. The molecule has 0 saturated carbocycles. The third-order valence-electron chi connectivity index (χ3n) is 5.84. The van der Waals surface area contributed by atoms with Gasteiger partial charge in [-0.3, -0.25) is 0 Å². The average molecular weight is 435 g/mol. The number of carboxylic acids is 1. The van der Waals surface area contributed by atoms with E-state index < -0.39 is 11.8 Å². The summed E-state index contributed by atoms with van der Waals surface area (Å²) in [5, 5.41) is 9.78. The van der Waals surface area contributed by atoms with E-state index in [0.717, 1.165) is 19.3 Å². The normalized spacial score (nSPS) is 13.1. The predicted molar refractivity (Wildman–Crippen MR) is 129 cm³/mol. The Labute approximate surface area is 190 Å². The molecule has 1 N–H and O–H groups in total. The van der Waals surface area contributed by atoms with Crippen molar-refractivity contribution in [3.05, 3.63) is 30.3 Å². The maximum absolute atomic E-state index is 11.9. The van der Waals surface area contributed by atoms with Gasteiger partial charge in [0.1, 0.15) is 5.75 Å². The number of aliphatic carboxylic acids is 1. The van der Waals surface area contributed by atoms with Gasteiger partial charge in [-0.25, -0.2) is 4.79 Å². The highest BCUT2D eigenvalue weighted by Crippen LogP contribution is 2.26. The molecule has 0 heterocycles. The summed E-state index contributed by atoms with van der Waals surface area (Å²) in [6.45, 7) is 4.38. The molecule has 0 spiro atoms. The lowest BCUT2D eigenvalue weighted by Crippen LogP contribution is -2.47. The summed E-state index contributed by atoms with van der Waals surface area (Å²) in [6.07, 6.45) is 19.6. The summed E-state index contributed by atoms with van der Waals surface area (Å²) in [5.74, 6) is -2.12. The Balaban J connectivity index is 2.12. The molecular weight excluding hydrogens is 388 g/mol. The Kier molecular flexibility index (Phi) is 16.0. The first-order chi connectivity index (χ1) is 15.1. The maximum Gasteiger partial charge on any atom is 0.377 e. The van der Waals surface area contributed by atoms with Gasteiger partial charge in [0.2, 0.25) is 0 Å². The van der Waals surface area contributed by atoms with E-state index >= 15 is 0 Å². The molecular formula is C27H46O4. The zero-order valence-corrected chi connectivity index (χ0v) is 20.1. The molecule has 4 heteroatoms. The van der Waals surface area contributed by atoms with Crippen LogP contribution in [0.2, 0.25) is 0 Å².